The molecule has 1 aliphatic rings. The number of ether oxygens (including phenoxy) is 1. The molecule has 4 rings (SSSR count). The van der Waals surface area contributed by atoms with Crippen LogP contribution in [0.3, 0.4) is 0 Å². The first-order valence-corrected chi connectivity index (χ1v) is 8.58. The van der Waals surface area contributed by atoms with Crippen LogP contribution >= 0.6 is 0 Å². The molecule has 0 aliphatic carbocycles. The molecule has 3 aromatic heterocycles. The Labute approximate surface area is 147 Å². The van der Waals surface area contributed by atoms with Crippen LogP contribution in [-0.2, 0) is 31.0 Å². The van der Waals surface area contributed by atoms with Gasteiger partial charge in [-0.3, -0.25) is 9.88 Å². The number of hydrogen-bond donors (Lipinski definition) is 0. The van der Waals surface area contributed by atoms with Gasteiger partial charge in [-0.15, -0.1) is 0 Å². The summed E-state index contributed by atoms with van der Waals surface area (Å²) in [7, 11) is 0. The summed E-state index contributed by atoms with van der Waals surface area (Å²) in [4.78, 5) is 11.3. The van der Waals surface area contributed by atoms with Crippen molar-refractivity contribution in [3.05, 3.63) is 72.0 Å². The third-order valence-electron chi connectivity index (χ3n) is 4.69. The van der Waals surface area contributed by atoms with Crippen molar-refractivity contribution < 1.29 is 9.15 Å². The topological polar surface area (TPSA) is 56.3 Å². The molecule has 0 fully saturated rings. The Morgan fingerprint density at radius 3 is 2.96 bits per heavy atom. The fraction of sp³-hybridized carbons (Fsp3) is 0.368. The number of imidazole rings is 1. The molecule has 0 bridgehead atoms. The summed E-state index contributed by atoms with van der Waals surface area (Å²) >= 11 is 0. The van der Waals surface area contributed by atoms with Crippen molar-refractivity contribution in [1.82, 2.24) is 19.4 Å². The number of hydrogen-bond acceptors (Lipinski definition) is 5. The number of fused-ring (bicyclic) bond motifs is 1. The average molecular weight is 338 g/mol. The van der Waals surface area contributed by atoms with Crippen molar-refractivity contribution in [2.45, 2.75) is 39.3 Å². The van der Waals surface area contributed by atoms with Crippen molar-refractivity contribution >= 4 is 0 Å². The van der Waals surface area contributed by atoms with E-state index in [1.807, 2.05) is 36.7 Å². The minimum atomic E-state index is 0.271. The quantitative estimate of drug-likeness (QED) is 0.691. The molecule has 25 heavy (non-hydrogen) atoms. The second-order valence-corrected chi connectivity index (χ2v) is 6.35. The summed E-state index contributed by atoms with van der Waals surface area (Å²) < 4.78 is 13.3. The Balaban J connectivity index is 1.39. The van der Waals surface area contributed by atoms with Gasteiger partial charge in [0.2, 0.25) is 0 Å². The van der Waals surface area contributed by atoms with E-state index in [0.717, 1.165) is 36.8 Å². The largest absolute Gasteiger partial charge is 0.472 e. The van der Waals surface area contributed by atoms with E-state index in [-0.39, 0.29) is 6.04 Å². The van der Waals surface area contributed by atoms with Gasteiger partial charge >= 0.3 is 0 Å². The highest BCUT2D eigenvalue weighted by atomic mass is 16.5. The fourth-order valence-corrected chi connectivity index (χ4v) is 3.30. The molecule has 4 heterocycles. The molecule has 0 saturated heterocycles. The second kappa shape index (κ2) is 7.21. The number of aromatic nitrogens is 3. The Bertz CT molecular complexity index is 798. The van der Waals surface area contributed by atoms with Gasteiger partial charge in [0.1, 0.15) is 5.82 Å². The third-order valence-corrected chi connectivity index (χ3v) is 4.69. The number of nitrogens with zero attached hydrogens (tertiary/aromatic N) is 4. The van der Waals surface area contributed by atoms with Gasteiger partial charge in [0.15, 0.2) is 0 Å². The molecule has 1 aliphatic heterocycles. The van der Waals surface area contributed by atoms with Gasteiger partial charge in [-0.1, -0.05) is 6.07 Å². The lowest BCUT2D eigenvalue weighted by atomic mass is 10.2. The predicted molar refractivity (Wildman–Crippen MR) is 92.5 cm³/mol. The van der Waals surface area contributed by atoms with Crippen LogP contribution in [0.25, 0.3) is 0 Å². The molecule has 0 amide bonds. The number of pyridine rings is 1. The van der Waals surface area contributed by atoms with Gasteiger partial charge in [-0.2, -0.15) is 0 Å². The first-order valence-electron chi connectivity index (χ1n) is 8.58. The lowest BCUT2D eigenvalue weighted by Crippen LogP contribution is -2.37. The molecule has 0 N–H and O–H groups in total. The molecule has 6 nitrogen and oxygen atoms in total. The van der Waals surface area contributed by atoms with E-state index < -0.39 is 0 Å². The molecule has 6 heteroatoms. The third kappa shape index (κ3) is 3.50. The van der Waals surface area contributed by atoms with Gasteiger partial charge in [-0.05, 0) is 25.1 Å². The zero-order valence-electron chi connectivity index (χ0n) is 14.3. The summed E-state index contributed by atoms with van der Waals surface area (Å²) in [5, 5.41) is 0. The first-order chi connectivity index (χ1) is 12.3. The summed E-state index contributed by atoms with van der Waals surface area (Å²) in [6.07, 6.45) is 7.26. The van der Waals surface area contributed by atoms with Crippen LogP contribution in [0.1, 0.15) is 35.7 Å². The van der Waals surface area contributed by atoms with Crippen LogP contribution < -0.4 is 0 Å². The van der Waals surface area contributed by atoms with E-state index in [2.05, 4.69) is 26.4 Å². The maximum atomic E-state index is 5.83. The lowest BCUT2D eigenvalue weighted by Gasteiger charge is -2.34. The molecule has 0 radical (unpaired) electrons. The molecular formula is C19H22N4O2. The number of furan rings is 1. The molecule has 1 atom stereocenters. The Kier molecular flexibility index (Phi) is 4.63. The summed E-state index contributed by atoms with van der Waals surface area (Å²) in [6, 6.07) is 8.15. The van der Waals surface area contributed by atoms with Crippen molar-refractivity contribution in [3.8, 4) is 0 Å². The van der Waals surface area contributed by atoms with Crippen LogP contribution in [0, 0.1) is 0 Å². The minimum Gasteiger partial charge on any atom is -0.472 e. The summed E-state index contributed by atoms with van der Waals surface area (Å²) in [5.41, 5.74) is 3.27. The van der Waals surface area contributed by atoms with Gasteiger partial charge in [0, 0.05) is 31.4 Å². The molecule has 0 spiro atoms. The highest BCUT2D eigenvalue weighted by Crippen LogP contribution is 2.27. The van der Waals surface area contributed by atoms with Crippen LogP contribution in [-0.4, -0.2) is 26.0 Å². The Morgan fingerprint density at radius 1 is 1.20 bits per heavy atom. The maximum Gasteiger partial charge on any atom is 0.126 e. The van der Waals surface area contributed by atoms with E-state index in [0.29, 0.717) is 13.2 Å². The summed E-state index contributed by atoms with van der Waals surface area (Å²) in [6.45, 7) is 6.08. The molecule has 0 aromatic carbocycles. The zero-order valence-corrected chi connectivity index (χ0v) is 14.3. The maximum absolute atomic E-state index is 5.83. The fourth-order valence-electron chi connectivity index (χ4n) is 3.30. The SMILES string of the molecule is C[C@@H]1c2ncc(COCc3ccccn3)n2CCN1Cc1ccoc1. The zero-order chi connectivity index (χ0) is 17.1. The van der Waals surface area contributed by atoms with E-state index in [1.54, 1.807) is 12.5 Å². The van der Waals surface area contributed by atoms with Crippen molar-refractivity contribution in [2.75, 3.05) is 6.54 Å². The normalized spacial score (nSPS) is 17.6. The van der Waals surface area contributed by atoms with Crippen molar-refractivity contribution in [3.63, 3.8) is 0 Å². The average Bonchev–Trinajstić information content (AvgIpc) is 3.29. The van der Waals surface area contributed by atoms with Gasteiger partial charge in [-0.25, -0.2) is 4.98 Å². The van der Waals surface area contributed by atoms with E-state index >= 15 is 0 Å². The van der Waals surface area contributed by atoms with E-state index in [9.17, 15) is 0 Å². The van der Waals surface area contributed by atoms with Crippen molar-refractivity contribution in [1.29, 1.82) is 0 Å². The lowest BCUT2D eigenvalue weighted by molar-refractivity contribution is 0.0948. The smallest absolute Gasteiger partial charge is 0.126 e. The monoisotopic (exact) mass is 338 g/mol. The van der Waals surface area contributed by atoms with Crippen LogP contribution in [0.15, 0.2) is 53.6 Å². The predicted octanol–water partition coefficient (Wildman–Crippen LogP) is 3.16. The molecule has 3 aromatic rings. The van der Waals surface area contributed by atoms with Crippen LogP contribution in [0.5, 0.6) is 0 Å². The highest BCUT2D eigenvalue weighted by Gasteiger charge is 2.27. The second-order valence-electron chi connectivity index (χ2n) is 6.35. The first kappa shape index (κ1) is 16.1. The minimum absolute atomic E-state index is 0.271. The Morgan fingerprint density at radius 2 is 2.16 bits per heavy atom. The van der Waals surface area contributed by atoms with Gasteiger partial charge < -0.3 is 13.7 Å². The van der Waals surface area contributed by atoms with Gasteiger partial charge in [0.25, 0.3) is 0 Å². The number of rotatable bonds is 6. The van der Waals surface area contributed by atoms with Crippen LogP contribution in [0.4, 0.5) is 0 Å². The molecule has 130 valence electrons. The molecular weight excluding hydrogens is 316 g/mol. The Hall–Kier alpha value is -2.44. The van der Waals surface area contributed by atoms with E-state index in [1.165, 1.54) is 5.56 Å². The van der Waals surface area contributed by atoms with E-state index in [4.69, 9.17) is 9.15 Å². The molecule has 0 unspecified atom stereocenters. The standard InChI is InChI=1S/C19H22N4O2/c1-15-19-21-10-18(14-25-13-17-4-2-3-6-20-17)23(19)8-7-22(15)11-16-5-9-24-12-16/h2-6,9-10,12,15H,7-8,11,13-14H2,1H3/t15-/m1/s1. The highest BCUT2D eigenvalue weighted by molar-refractivity contribution is 5.12. The van der Waals surface area contributed by atoms with Crippen molar-refractivity contribution in [2.24, 2.45) is 0 Å². The van der Waals surface area contributed by atoms with Crippen LogP contribution in [0.2, 0.25) is 0 Å². The van der Waals surface area contributed by atoms with Gasteiger partial charge in [0.05, 0.1) is 49.4 Å². The summed E-state index contributed by atoms with van der Waals surface area (Å²) in [5.74, 6) is 1.10. The molecule has 0 saturated carbocycles.